The number of halogens is 1. The second-order valence-corrected chi connectivity index (χ2v) is 7.17. The summed E-state index contributed by atoms with van der Waals surface area (Å²) in [5.41, 5.74) is 1.32. The minimum absolute atomic E-state index is 0.123. The third-order valence-corrected chi connectivity index (χ3v) is 4.93. The van der Waals surface area contributed by atoms with E-state index >= 15 is 0 Å². The fourth-order valence-electron chi connectivity index (χ4n) is 3.26. The molecule has 6 nitrogen and oxygen atoms in total. The van der Waals surface area contributed by atoms with Crippen molar-refractivity contribution < 1.29 is 13.9 Å². The molecule has 0 bridgehead atoms. The number of aliphatic imine (C=N–C) groups is 1. The number of guanidine groups is 1. The maximum Gasteiger partial charge on any atom is 0.221 e. The van der Waals surface area contributed by atoms with Crippen LogP contribution in [0.2, 0.25) is 0 Å². The van der Waals surface area contributed by atoms with Crippen LogP contribution >= 0.6 is 0 Å². The van der Waals surface area contributed by atoms with E-state index in [9.17, 15) is 9.18 Å². The van der Waals surface area contributed by atoms with Gasteiger partial charge in [-0.05, 0) is 36.6 Å². The Labute approximate surface area is 170 Å². The van der Waals surface area contributed by atoms with Gasteiger partial charge in [-0.2, -0.15) is 0 Å². The summed E-state index contributed by atoms with van der Waals surface area (Å²) in [6.45, 7) is 3.08. The minimum Gasteiger partial charge on any atom is -0.492 e. The maximum absolute atomic E-state index is 14.1. The van der Waals surface area contributed by atoms with Crippen LogP contribution in [-0.2, 0) is 10.2 Å². The molecule has 0 spiro atoms. The summed E-state index contributed by atoms with van der Waals surface area (Å²) >= 11 is 0. The molecule has 1 aliphatic rings. The Balaban J connectivity index is 1.43. The second-order valence-electron chi connectivity index (χ2n) is 7.17. The molecule has 0 aromatic heterocycles. The number of hydrogen-bond donors (Lipinski definition) is 3. The molecule has 2 aromatic carbocycles. The molecule has 3 rings (SSSR count). The number of carbonyl (C=O) groups is 1. The van der Waals surface area contributed by atoms with E-state index in [0.29, 0.717) is 37.1 Å². The molecule has 1 saturated carbocycles. The Morgan fingerprint density at radius 1 is 1.17 bits per heavy atom. The number of hydrogen-bond acceptors (Lipinski definition) is 3. The van der Waals surface area contributed by atoms with Crippen LogP contribution in [0.1, 0.15) is 25.3 Å². The molecular weight excluding hydrogens is 371 g/mol. The van der Waals surface area contributed by atoms with Crippen LogP contribution in [-0.4, -0.2) is 38.6 Å². The monoisotopic (exact) mass is 398 g/mol. The molecule has 0 radical (unpaired) electrons. The molecule has 154 valence electrons. The summed E-state index contributed by atoms with van der Waals surface area (Å²) in [4.78, 5) is 15.4. The summed E-state index contributed by atoms with van der Waals surface area (Å²) < 4.78 is 19.8. The first-order chi connectivity index (χ1) is 14.0. The lowest BCUT2D eigenvalue weighted by Gasteiger charge is -2.19. The van der Waals surface area contributed by atoms with Crippen molar-refractivity contribution in [2.24, 2.45) is 4.99 Å². The van der Waals surface area contributed by atoms with Gasteiger partial charge in [0.25, 0.3) is 0 Å². The van der Waals surface area contributed by atoms with Gasteiger partial charge < -0.3 is 20.7 Å². The predicted molar refractivity (Wildman–Crippen MR) is 113 cm³/mol. The lowest BCUT2D eigenvalue weighted by atomic mass is 9.95. The van der Waals surface area contributed by atoms with Crippen molar-refractivity contribution in [3.05, 3.63) is 59.9 Å². The van der Waals surface area contributed by atoms with Crippen molar-refractivity contribution in [2.75, 3.05) is 32.1 Å². The molecule has 2 aromatic rings. The Hall–Kier alpha value is -3.09. The van der Waals surface area contributed by atoms with E-state index in [1.54, 1.807) is 19.2 Å². The number of rotatable bonds is 8. The van der Waals surface area contributed by atoms with Gasteiger partial charge in [-0.15, -0.1) is 0 Å². The van der Waals surface area contributed by atoms with Gasteiger partial charge in [0.15, 0.2) is 5.96 Å². The van der Waals surface area contributed by atoms with Gasteiger partial charge >= 0.3 is 0 Å². The van der Waals surface area contributed by atoms with Crippen LogP contribution in [0.25, 0.3) is 0 Å². The quantitative estimate of drug-likeness (QED) is 0.363. The Morgan fingerprint density at radius 2 is 1.97 bits per heavy atom. The Morgan fingerprint density at radius 3 is 2.66 bits per heavy atom. The molecule has 0 atom stereocenters. The van der Waals surface area contributed by atoms with Crippen molar-refractivity contribution in [3.8, 4) is 5.75 Å². The Bertz CT molecular complexity index is 881. The lowest BCUT2D eigenvalue weighted by molar-refractivity contribution is -0.114. The molecule has 3 N–H and O–H groups in total. The third-order valence-electron chi connectivity index (χ3n) is 4.93. The molecule has 0 heterocycles. The summed E-state index contributed by atoms with van der Waals surface area (Å²) in [5.74, 6) is 1.06. The number of nitrogens with zero attached hydrogens (tertiary/aromatic N) is 1. The first-order valence-electron chi connectivity index (χ1n) is 9.72. The standard InChI is InChI=1S/C22H27FN4O2/c1-16(28)27-17-6-5-7-18(14-17)29-13-12-25-21(24-2)26-15-22(10-11-22)19-8-3-4-9-20(19)23/h3-9,14H,10-13,15H2,1-2H3,(H,27,28)(H2,24,25,26). The summed E-state index contributed by atoms with van der Waals surface area (Å²) in [6, 6.07) is 14.2. The number of anilines is 1. The van der Waals surface area contributed by atoms with Crippen LogP contribution in [0.4, 0.5) is 10.1 Å². The molecule has 0 aliphatic heterocycles. The lowest BCUT2D eigenvalue weighted by Crippen LogP contribution is -2.42. The first kappa shape index (κ1) is 20.6. The normalized spacial score (nSPS) is 14.8. The molecule has 0 saturated heterocycles. The van der Waals surface area contributed by atoms with Crippen LogP contribution in [0.5, 0.6) is 5.75 Å². The summed E-state index contributed by atoms with van der Waals surface area (Å²) in [7, 11) is 1.70. The zero-order valence-electron chi connectivity index (χ0n) is 16.8. The van der Waals surface area contributed by atoms with Crippen LogP contribution in [0.15, 0.2) is 53.5 Å². The van der Waals surface area contributed by atoms with E-state index in [-0.39, 0.29) is 17.1 Å². The molecule has 29 heavy (non-hydrogen) atoms. The average molecular weight is 398 g/mol. The fourth-order valence-corrected chi connectivity index (χ4v) is 3.26. The predicted octanol–water partition coefficient (Wildman–Crippen LogP) is 3.06. The highest BCUT2D eigenvalue weighted by molar-refractivity contribution is 5.88. The largest absolute Gasteiger partial charge is 0.492 e. The number of benzene rings is 2. The highest BCUT2D eigenvalue weighted by Crippen LogP contribution is 2.48. The fraction of sp³-hybridized carbons (Fsp3) is 0.364. The van der Waals surface area contributed by atoms with E-state index < -0.39 is 0 Å². The van der Waals surface area contributed by atoms with Gasteiger partial charge in [0.05, 0.1) is 6.54 Å². The average Bonchev–Trinajstić information content (AvgIpc) is 3.48. The van der Waals surface area contributed by atoms with Crippen molar-refractivity contribution in [1.29, 1.82) is 0 Å². The molecule has 1 aliphatic carbocycles. The van der Waals surface area contributed by atoms with Crippen molar-refractivity contribution in [3.63, 3.8) is 0 Å². The van der Waals surface area contributed by atoms with Gasteiger partial charge in [0.2, 0.25) is 5.91 Å². The van der Waals surface area contributed by atoms with E-state index in [1.807, 2.05) is 30.3 Å². The molecule has 0 unspecified atom stereocenters. The Kier molecular flexibility index (Phi) is 6.69. The van der Waals surface area contributed by atoms with Gasteiger partial charge in [0, 0.05) is 37.7 Å². The van der Waals surface area contributed by atoms with Crippen molar-refractivity contribution in [1.82, 2.24) is 10.6 Å². The van der Waals surface area contributed by atoms with Crippen molar-refractivity contribution >= 4 is 17.6 Å². The van der Waals surface area contributed by atoms with E-state index in [0.717, 1.165) is 18.4 Å². The van der Waals surface area contributed by atoms with E-state index in [4.69, 9.17) is 4.74 Å². The number of carbonyl (C=O) groups excluding carboxylic acids is 1. The van der Waals surface area contributed by atoms with Gasteiger partial charge in [0.1, 0.15) is 18.2 Å². The summed E-state index contributed by atoms with van der Waals surface area (Å²) in [5, 5.41) is 9.23. The number of ether oxygens (including phenoxy) is 1. The number of amides is 1. The van der Waals surface area contributed by atoms with Crippen LogP contribution in [0, 0.1) is 5.82 Å². The van der Waals surface area contributed by atoms with E-state index in [2.05, 4.69) is 20.9 Å². The van der Waals surface area contributed by atoms with E-state index in [1.165, 1.54) is 13.0 Å². The molecule has 1 fully saturated rings. The van der Waals surface area contributed by atoms with Crippen LogP contribution < -0.4 is 20.7 Å². The van der Waals surface area contributed by atoms with Gasteiger partial charge in [-0.25, -0.2) is 4.39 Å². The van der Waals surface area contributed by atoms with Crippen LogP contribution in [0.3, 0.4) is 0 Å². The smallest absolute Gasteiger partial charge is 0.221 e. The topological polar surface area (TPSA) is 74.8 Å². The minimum atomic E-state index is -0.149. The third kappa shape index (κ3) is 5.70. The van der Waals surface area contributed by atoms with Gasteiger partial charge in [-0.3, -0.25) is 9.79 Å². The zero-order chi connectivity index (χ0) is 20.7. The maximum atomic E-state index is 14.1. The van der Waals surface area contributed by atoms with Crippen molar-refractivity contribution in [2.45, 2.75) is 25.2 Å². The second kappa shape index (κ2) is 9.41. The molecule has 1 amide bonds. The van der Waals surface area contributed by atoms with Gasteiger partial charge in [-0.1, -0.05) is 24.3 Å². The first-order valence-corrected chi connectivity index (χ1v) is 9.72. The number of nitrogens with one attached hydrogen (secondary N) is 3. The zero-order valence-corrected chi connectivity index (χ0v) is 16.8. The highest BCUT2D eigenvalue weighted by Gasteiger charge is 2.45. The highest BCUT2D eigenvalue weighted by atomic mass is 19.1. The molecular formula is C22H27FN4O2. The SMILES string of the molecule is CN=C(NCCOc1cccc(NC(C)=O)c1)NCC1(c2ccccc2F)CC1. The molecule has 7 heteroatoms. The summed E-state index contributed by atoms with van der Waals surface area (Å²) in [6.07, 6.45) is 1.93.